The summed E-state index contributed by atoms with van der Waals surface area (Å²) < 4.78 is 5.91. The zero-order chi connectivity index (χ0) is 19.2. The first-order valence-corrected chi connectivity index (χ1v) is 10.8. The number of aromatic amines is 1. The second-order valence-corrected chi connectivity index (χ2v) is 8.55. The number of nitrogens with one attached hydrogen (secondary N) is 1. The molecule has 0 radical (unpaired) electrons. The highest BCUT2D eigenvalue weighted by Gasteiger charge is 2.25. The minimum atomic E-state index is 0.407. The van der Waals surface area contributed by atoms with Crippen LogP contribution in [-0.4, -0.2) is 58.7 Å². The summed E-state index contributed by atoms with van der Waals surface area (Å²) in [5.41, 5.74) is 4.09. The van der Waals surface area contributed by atoms with Gasteiger partial charge < -0.3 is 9.72 Å². The van der Waals surface area contributed by atoms with E-state index in [1.165, 1.54) is 55.6 Å². The van der Waals surface area contributed by atoms with Crippen LogP contribution in [0.2, 0.25) is 0 Å². The molecule has 152 valence electrons. The number of piperidine rings is 1. The van der Waals surface area contributed by atoms with Crippen LogP contribution in [0.25, 0.3) is 0 Å². The fourth-order valence-electron chi connectivity index (χ4n) is 4.61. The highest BCUT2D eigenvalue weighted by atomic mass is 16.5. The molecule has 1 unspecified atom stereocenters. The Bertz CT molecular complexity index is 703. The lowest BCUT2D eigenvalue weighted by atomic mass is 9.95. The third kappa shape index (κ3) is 5.43. The number of rotatable bonds is 8. The van der Waals surface area contributed by atoms with Crippen molar-refractivity contribution in [3.63, 3.8) is 0 Å². The van der Waals surface area contributed by atoms with Gasteiger partial charge in [-0.05, 0) is 62.7 Å². The number of nitrogens with zero attached hydrogens (tertiary/aromatic N) is 3. The number of H-pyrrole nitrogens is 1. The molecule has 28 heavy (non-hydrogen) atoms. The molecule has 0 amide bonds. The highest BCUT2D eigenvalue weighted by Crippen LogP contribution is 2.23. The van der Waals surface area contributed by atoms with Gasteiger partial charge in [0.2, 0.25) is 0 Å². The third-order valence-electron chi connectivity index (χ3n) is 6.31. The first kappa shape index (κ1) is 19.6. The number of aromatic nitrogens is 2. The fourth-order valence-corrected chi connectivity index (χ4v) is 4.61. The minimum Gasteiger partial charge on any atom is -0.377 e. The van der Waals surface area contributed by atoms with Crippen LogP contribution in [0, 0.1) is 12.8 Å². The van der Waals surface area contributed by atoms with Crippen LogP contribution >= 0.6 is 0 Å². The first-order valence-electron chi connectivity index (χ1n) is 10.8. The molecule has 2 saturated heterocycles. The van der Waals surface area contributed by atoms with Gasteiger partial charge in [-0.15, -0.1) is 0 Å². The molecule has 0 saturated carbocycles. The van der Waals surface area contributed by atoms with Crippen LogP contribution in [0.4, 0.5) is 0 Å². The van der Waals surface area contributed by atoms with E-state index >= 15 is 0 Å². The van der Waals surface area contributed by atoms with Gasteiger partial charge in [0.25, 0.3) is 0 Å². The number of imidazole rings is 1. The number of ether oxygens (including phenoxy) is 1. The van der Waals surface area contributed by atoms with Crippen molar-refractivity contribution in [2.75, 3.05) is 32.8 Å². The van der Waals surface area contributed by atoms with Gasteiger partial charge in [0.05, 0.1) is 12.4 Å². The number of hydrogen-bond donors (Lipinski definition) is 1. The second-order valence-electron chi connectivity index (χ2n) is 8.55. The summed E-state index contributed by atoms with van der Waals surface area (Å²) in [6.45, 7) is 9.81. The van der Waals surface area contributed by atoms with E-state index in [1.807, 2.05) is 6.20 Å². The Morgan fingerprint density at radius 3 is 2.75 bits per heavy atom. The molecule has 0 bridgehead atoms. The van der Waals surface area contributed by atoms with Crippen molar-refractivity contribution in [2.24, 2.45) is 5.92 Å². The molecule has 3 heterocycles. The van der Waals surface area contributed by atoms with E-state index in [0.29, 0.717) is 6.10 Å². The summed E-state index contributed by atoms with van der Waals surface area (Å²) in [7, 11) is 0. The molecule has 2 aliphatic heterocycles. The number of hydrogen-bond acceptors (Lipinski definition) is 4. The molecule has 2 aromatic rings. The molecule has 1 N–H and O–H groups in total. The molecule has 1 atom stereocenters. The summed E-state index contributed by atoms with van der Waals surface area (Å²) >= 11 is 0. The van der Waals surface area contributed by atoms with Crippen molar-refractivity contribution in [2.45, 2.75) is 51.8 Å². The van der Waals surface area contributed by atoms with Gasteiger partial charge in [-0.25, -0.2) is 4.98 Å². The van der Waals surface area contributed by atoms with Crippen molar-refractivity contribution < 1.29 is 4.74 Å². The maximum Gasteiger partial charge on any atom is 0.0922 e. The molecule has 5 heteroatoms. The highest BCUT2D eigenvalue weighted by molar-refractivity contribution is 5.25. The maximum atomic E-state index is 5.91. The first-order chi connectivity index (χ1) is 13.8. The van der Waals surface area contributed by atoms with E-state index in [4.69, 9.17) is 4.74 Å². The zero-order valence-electron chi connectivity index (χ0n) is 17.1. The van der Waals surface area contributed by atoms with Gasteiger partial charge >= 0.3 is 0 Å². The molecule has 2 fully saturated rings. The van der Waals surface area contributed by atoms with Crippen molar-refractivity contribution >= 4 is 0 Å². The average molecular weight is 383 g/mol. The monoisotopic (exact) mass is 382 g/mol. The lowest BCUT2D eigenvalue weighted by molar-refractivity contribution is 0.0566. The summed E-state index contributed by atoms with van der Waals surface area (Å²) in [6.07, 6.45) is 9.13. The van der Waals surface area contributed by atoms with Crippen LogP contribution in [0.5, 0.6) is 0 Å². The number of likely N-dealkylation sites (tertiary alicyclic amines) is 1. The van der Waals surface area contributed by atoms with E-state index in [-0.39, 0.29) is 0 Å². The van der Waals surface area contributed by atoms with Crippen molar-refractivity contribution in [3.8, 4) is 0 Å². The Balaban J connectivity index is 1.28. The standard InChI is InChI=1S/C23H34N4O/c1-19-5-2-3-6-21(19)15-26-10-8-20(9-11-26)14-27(16-22-13-24-18-25-22)17-23-7-4-12-28-23/h2-3,5-6,13,18,20,23H,4,7-12,14-17H2,1H3,(H,24,25). The molecule has 1 aromatic carbocycles. The van der Waals surface area contributed by atoms with E-state index in [9.17, 15) is 0 Å². The molecule has 4 rings (SSSR count). The minimum absolute atomic E-state index is 0.407. The molecule has 2 aliphatic rings. The molecular weight excluding hydrogens is 348 g/mol. The second kappa shape index (κ2) is 9.68. The van der Waals surface area contributed by atoms with Crippen molar-refractivity contribution in [1.82, 2.24) is 19.8 Å². The van der Waals surface area contributed by atoms with E-state index in [1.54, 1.807) is 6.33 Å². The van der Waals surface area contributed by atoms with Crippen LogP contribution < -0.4 is 0 Å². The van der Waals surface area contributed by atoms with Gasteiger partial charge in [-0.3, -0.25) is 9.80 Å². The summed E-state index contributed by atoms with van der Waals surface area (Å²) in [5, 5.41) is 0. The predicted molar refractivity (Wildman–Crippen MR) is 112 cm³/mol. The van der Waals surface area contributed by atoms with Crippen LogP contribution in [0.15, 0.2) is 36.8 Å². The lowest BCUT2D eigenvalue weighted by Crippen LogP contribution is -2.40. The zero-order valence-corrected chi connectivity index (χ0v) is 17.1. The average Bonchev–Trinajstić information content (AvgIpc) is 3.39. The smallest absolute Gasteiger partial charge is 0.0922 e. The topological polar surface area (TPSA) is 44.4 Å². The molecular formula is C23H34N4O. The van der Waals surface area contributed by atoms with E-state index in [2.05, 4.69) is 51.0 Å². The van der Waals surface area contributed by atoms with Gasteiger partial charge in [0, 0.05) is 44.7 Å². The van der Waals surface area contributed by atoms with Gasteiger partial charge in [-0.1, -0.05) is 24.3 Å². The Morgan fingerprint density at radius 1 is 1.18 bits per heavy atom. The normalized spacial score (nSPS) is 21.6. The summed E-state index contributed by atoms with van der Waals surface area (Å²) in [5.74, 6) is 0.775. The SMILES string of the molecule is Cc1ccccc1CN1CCC(CN(Cc2cnc[nH]2)CC2CCCO2)CC1. The van der Waals surface area contributed by atoms with Gasteiger partial charge in [-0.2, -0.15) is 0 Å². The largest absolute Gasteiger partial charge is 0.377 e. The van der Waals surface area contributed by atoms with Crippen LogP contribution in [-0.2, 0) is 17.8 Å². The number of aryl methyl sites for hydroxylation is 1. The molecule has 0 spiro atoms. The van der Waals surface area contributed by atoms with Gasteiger partial charge in [0.15, 0.2) is 0 Å². The van der Waals surface area contributed by atoms with Crippen LogP contribution in [0.1, 0.15) is 42.5 Å². The number of benzene rings is 1. The molecule has 0 aliphatic carbocycles. The maximum absolute atomic E-state index is 5.91. The summed E-state index contributed by atoms with van der Waals surface area (Å²) in [4.78, 5) is 12.7. The van der Waals surface area contributed by atoms with Crippen LogP contribution in [0.3, 0.4) is 0 Å². The molecule has 1 aromatic heterocycles. The quantitative estimate of drug-likeness (QED) is 0.757. The Labute approximate surface area is 169 Å². The van der Waals surface area contributed by atoms with Crippen molar-refractivity contribution in [1.29, 1.82) is 0 Å². The molecule has 5 nitrogen and oxygen atoms in total. The predicted octanol–water partition coefficient (Wildman–Crippen LogP) is 3.61. The van der Waals surface area contributed by atoms with E-state index < -0.39 is 0 Å². The Morgan fingerprint density at radius 2 is 2.04 bits per heavy atom. The Kier molecular flexibility index (Phi) is 6.78. The van der Waals surface area contributed by atoms with Gasteiger partial charge in [0.1, 0.15) is 0 Å². The fraction of sp³-hybridized carbons (Fsp3) is 0.609. The lowest BCUT2D eigenvalue weighted by Gasteiger charge is -2.35. The Hall–Kier alpha value is -1.69. The van der Waals surface area contributed by atoms with Crippen molar-refractivity contribution in [3.05, 3.63) is 53.6 Å². The summed E-state index contributed by atoms with van der Waals surface area (Å²) in [6, 6.07) is 8.79. The third-order valence-corrected chi connectivity index (χ3v) is 6.31. The van der Waals surface area contributed by atoms with E-state index in [0.717, 1.165) is 38.7 Å².